The van der Waals surface area contributed by atoms with Gasteiger partial charge in [-0.1, -0.05) is 25.1 Å². The Hall–Kier alpha value is -1.06. The number of hydrogen-bond donors (Lipinski definition) is 2. The Morgan fingerprint density at radius 1 is 1.44 bits per heavy atom. The molecule has 2 heterocycles. The summed E-state index contributed by atoms with van der Waals surface area (Å²) in [6.45, 7) is 2.79. The van der Waals surface area contributed by atoms with Crippen molar-refractivity contribution in [3.63, 3.8) is 0 Å². The number of hydrogen-bond acceptors (Lipinski definition) is 3. The van der Waals surface area contributed by atoms with E-state index in [-0.39, 0.29) is 12.1 Å². The van der Waals surface area contributed by atoms with E-state index >= 15 is 0 Å². The maximum Gasteiger partial charge on any atom is 0.0897 e. The predicted octanol–water partition coefficient (Wildman–Crippen LogP) is 2.34. The minimum absolute atomic E-state index is 0.132. The van der Waals surface area contributed by atoms with Gasteiger partial charge in [0.1, 0.15) is 0 Å². The van der Waals surface area contributed by atoms with Crippen molar-refractivity contribution in [1.29, 1.82) is 0 Å². The number of fused-ring (bicyclic) bond motifs is 1. The van der Waals surface area contributed by atoms with Crippen molar-refractivity contribution in [3.05, 3.63) is 29.8 Å². The van der Waals surface area contributed by atoms with E-state index in [0.717, 1.165) is 25.7 Å². The molecule has 0 radical (unpaired) electrons. The zero-order valence-electron chi connectivity index (χ0n) is 10.9. The summed E-state index contributed by atoms with van der Waals surface area (Å²) < 4.78 is 5.67. The topological polar surface area (TPSA) is 41.5 Å². The van der Waals surface area contributed by atoms with Gasteiger partial charge < -0.3 is 15.2 Å². The molecule has 2 aliphatic heterocycles. The van der Waals surface area contributed by atoms with Crippen molar-refractivity contribution in [2.45, 2.75) is 50.4 Å². The number of para-hydroxylation sites is 1. The predicted molar refractivity (Wildman–Crippen MR) is 71.8 cm³/mol. The van der Waals surface area contributed by atoms with Crippen LogP contribution in [0.25, 0.3) is 0 Å². The Morgan fingerprint density at radius 3 is 3.06 bits per heavy atom. The van der Waals surface area contributed by atoms with Gasteiger partial charge >= 0.3 is 0 Å². The summed E-state index contributed by atoms with van der Waals surface area (Å²) in [5, 5.41) is 14.4. The van der Waals surface area contributed by atoms with Crippen LogP contribution in [-0.2, 0) is 11.2 Å². The first-order valence-electron chi connectivity index (χ1n) is 6.90. The first-order valence-corrected chi connectivity index (χ1v) is 6.90. The Kier molecular flexibility index (Phi) is 3.04. The Bertz CT molecular complexity index is 409. The van der Waals surface area contributed by atoms with Crippen LogP contribution >= 0.6 is 0 Å². The molecule has 0 spiro atoms. The fraction of sp³-hybridized carbons (Fsp3) is 0.600. The summed E-state index contributed by atoms with van der Waals surface area (Å²) in [5.74, 6) is 0. The highest BCUT2D eigenvalue weighted by Gasteiger charge is 2.43. The fourth-order valence-electron chi connectivity index (χ4n) is 3.16. The van der Waals surface area contributed by atoms with Crippen LogP contribution in [0.1, 0.15) is 31.7 Å². The summed E-state index contributed by atoms with van der Waals surface area (Å²) in [5.41, 5.74) is 1.86. The molecule has 0 aromatic heterocycles. The fourth-order valence-corrected chi connectivity index (χ4v) is 3.16. The van der Waals surface area contributed by atoms with Crippen LogP contribution in [0.4, 0.5) is 5.69 Å². The first kappa shape index (κ1) is 12.0. The van der Waals surface area contributed by atoms with E-state index in [1.165, 1.54) is 11.3 Å². The molecule has 1 fully saturated rings. The molecule has 1 aromatic rings. The average Bonchev–Trinajstić information content (AvgIpc) is 2.83. The Morgan fingerprint density at radius 2 is 2.28 bits per heavy atom. The number of aliphatic hydroxyl groups is 1. The highest BCUT2D eigenvalue weighted by atomic mass is 16.5. The van der Waals surface area contributed by atoms with E-state index in [9.17, 15) is 5.11 Å². The normalized spacial score (nSPS) is 35.0. The molecule has 18 heavy (non-hydrogen) atoms. The van der Waals surface area contributed by atoms with E-state index in [1.807, 2.05) is 6.07 Å². The molecule has 2 aliphatic rings. The highest BCUT2D eigenvalue weighted by molar-refractivity contribution is 5.57. The molecule has 2 N–H and O–H groups in total. The van der Waals surface area contributed by atoms with E-state index in [4.69, 9.17) is 4.74 Å². The van der Waals surface area contributed by atoms with Crippen molar-refractivity contribution < 1.29 is 9.84 Å². The van der Waals surface area contributed by atoms with Gasteiger partial charge in [-0.3, -0.25) is 0 Å². The van der Waals surface area contributed by atoms with Crippen molar-refractivity contribution >= 4 is 5.69 Å². The van der Waals surface area contributed by atoms with Crippen molar-refractivity contribution in [3.8, 4) is 0 Å². The van der Waals surface area contributed by atoms with Crippen LogP contribution in [0.3, 0.4) is 0 Å². The molecule has 3 atom stereocenters. The summed E-state index contributed by atoms with van der Waals surface area (Å²) in [6, 6.07) is 8.47. The summed E-state index contributed by atoms with van der Waals surface area (Å²) in [4.78, 5) is 0. The number of rotatable bonds is 2. The van der Waals surface area contributed by atoms with Gasteiger partial charge in [0.25, 0.3) is 0 Å². The number of anilines is 1. The molecule has 98 valence electrons. The van der Waals surface area contributed by atoms with Gasteiger partial charge in [0, 0.05) is 25.1 Å². The molecule has 0 amide bonds. The Balaban J connectivity index is 1.76. The summed E-state index contributed by atoms with van der Waals surface area (Å²) >= 11 is 0. The van der Waals surface area contributed by atoms with Crippen molar-refractivity contribution in [2.24, 2.45) is 0 Å². The standard InChI is InChI=1S/C15H21NO2/c1-2-12-10-15(17,7-8-18-12)14-9-11-5-3-4-6-13(11)16-14/h3-6,12,14,16-17H,2,7-10H2,1H3. The zero-order chi connectivity index (χ0) is 12.6. The van der Waals surface area contributed by atoms with E-state index in [0.29, 0.717) is 6.61 Å². The zero-order valence-corrected chi connectivity index (χ0v) is 10.9. The highest BCUT2D eigenvalue weighted by Crippen LogP contribution is 2.37. The van der Waals surface area contributed by atoms with Gasteiger partial charge in [-0.2, -0.15) is 0 Å². The minimum atomic E-state index is -0.627. The molecule has 3 nitrogen and oxygen atoms in total. The largest absolute Gasteiger partial charge is 0.388 e. The van der Waals surface area contributed by atoms with Crippen molar-refractivity contribution in [1.82, 2.24) is 0 Å². The maximum atomic E-state index is 10.9. The van der Waals surface area contributed by atoms with Gasteiger partial charge in [0.15, 0.2) is 0 Å². The van der Waals surface area contributed by atoms with E-state index in [1.54, 1.807) is 0 Å². The third kappa shape index (κ3) is 2.02. The second-order valence-corrected chi connectivity index (χ2v) is 5.52. The minimum Gasteiger partial charge on any atom is -0.388 e. The van der Waals surface area contributed by atoms with Crippen LogP contribution in [0, 0.1) is 0 Å². The lowest BCUT2D eigenvalue weighted by Gasteiger charge is -2.40. The SMILES string of the molecule is CCC1CC(O)(C2Cc3ccccc3N2)CCO1. The molecular formula is C15H21NO2. The van der Waals surface area contributed by atoms with Gasteiger partial charge in [-0.25, -0.2) is 0 Å². The Labute approximate surface area is 108 Å². The molecule has 1 saturated heterocycles. The number of ether oxygens (including phenoxy) is 1. The maximum absolute atomic E-state index is 10.9. The molecule has 0 saturated carbocycles. The van der Waals surface area contributed by atoms with Crippen LogP contribution in [0.15, 0.2) is 24.3 Å². The van der Waals surface area contributed by atoms with E-state index in [2.05, 4.69) is 30.4 Å². The first-order chi connectivity index (χ1) is 8.71. The third-order valence-corrected chi connectivity index (χ3v) is 4.34. The smallest absolute Gasteiger partial charge is 0.0897 e. The average molecular weight is 247 g/mol. The summed E-state index contributed by atoms with van der Waals surface area (Å²) in [7, 11) is 0. The summed E-state index contributed by atoms with van der Waals surface area (Å²) in [6.07, 6.45) is 3.57. The van der Waals surface area contributed by atoms with Crippen LogP contribution < -0.4 is 5.32 Å². The lowest BCUT2D eigenvalue weighted by Crippen LogP contribution is -2.52. The molecule has 0 bridgehead atoms. The van der Waals surface area contributed by atoms with Crippen LogP contribution in [-0.4, -0.2) is 29.5 Å². The van der Waals surface area contributed by atoms with Crippen LogP contribution in [0.5, 0.6) is 0 Å². The molecule has 3 rings (SSSR count). The van der Waals surface area contributed by atoms with Crippen LogP contribution in [0.2, 0.25) is 0 Å². The van der Waals surface area contributed by atoms with Gasteiger partial charge in [0.2, 0.25) is 0 Å². The quantitative estimate of drug-likeness (QED) is 0.843. The molecule has 3 heteroatoms. The number of benzene rings is 1. The van der Waals surface area contributed by atoms with Crippen molar-refractivity contribution in [2.75, 3.05) is 11.9 Å². The van der Waals surface area contributed by atoms with Gasteiger partial charge in [0.05, 0.1) is 17.7 Å². The van der Waals surface area contributed by atoms with Gasteiger partial charge in [-0.05, 0) is 24.5 Å². The monoisotopic (exact) mass is 247 g/mol. The molecule has 1 aromatic carbocycles. The second kappa shape index (κ2) is 4.56. The van der Waals surface area contributed by atoms with E-state index < -0.39 is 5.60 Å². The van der Waals surface area contributed by atoms with Gasteiger partial charge in [-0.15, -0.1) is 0 Å². The molecular weight excluding hydrogens is 226 g/mol. The molecule has 0 aliphatic carbocycles. The lowest BCUT2D eigenvalue weighted by atomic mass is 9.82. The number of nitrogens with one attached hydrogen (secondary N) is 1. The lowest BCUT2D eigenvalue weighted by molar-refractivity contribution is -0.111. The molecule has 3 unspecified atom stereocenters. The second-order valence-electron chi connectivity index (χ2n) is 5.52. The third-order valence-electron chi connectivity index (χ3n) is 4.34.